The Hall–Kier alpha value is -3.96. The highest BCUT2D eigenvalue weighted by Gasteiger charge is 2.63. The van der Waals surface area contributed by atoms with E-state index < -0.39 is 52.7 Å². The van der Waals surface area contributed by atoms with Crippen molar-refractivity contribution in [1.82, 2.24) is 15.5 Å². The predicted molar refractivity (Wildman–Crippen MR) is 159 cm³/mol. The monoisotopic (exact) mass is 610 g/mol. The second-order valence-electron chi connectivity index (χ2n) is 13.6. The van der Waals surface area contributed by atoms with Crippen LogP contribution in [-0.2, 0) is 24.0 Å². The van der Waals surface area contributed by atoms with Gasteiger partial charge in [-0.2, -0.15) is 0 Å². The van der Waals surface area contributed by atoms with Crippen molar-refractivity contribution in [3.63, 3.8) is 0 Å². The molecule has 1 saturated carbocycles. The number of amides is 3. The fourth-order valence-corrected chi connectivity index (χ4v) is 6.63. The van der Waals surface area contributed by atoms with Crippen LogP contribution in [0.5, 0.6) is 0 Å². The van der Waals surface area contributed by atoms with Crippen molar-refractivity contribution in [2.45, 2.75) is 114 Å². The van der Waals surface area contributed by atoms with Crippen molar-refractivity contribution in [3.05, 3.63) is 35.9 Å². The van der Waals surface area contributed by atoms with Crippen molar-refractivity contribution < 1.29 is 38.7 Å². The van der Waals surface area contributed by atoms with Crippen LogP contribution in [0.2, 0.25) is 0 Å². The van der Waals surface area contributed by atoms with Crippen LogP contribution in [0.4, 0.5) is 4.79 Å². The number of fused-ring (bicyclic) bond motifs is 2. The molecular weight excluding hydrogens is 568 g/mol. The van der Waals surface area contributed by atoms with Crippen LogP contribution in [0.15, 0.2) is 35.5 Å². The summed E-state index contributed by atoms with van der Waals surface area (Å²) in [6.07, 6.45) is 4.87. The van der Waals surface area contributed by atoms with Crippen molar-refractivity contribution in [3.8, 4) is 0 Å². The lowest BCUT2D eigenvalue weighted by molar-refractivity contribution is -0.146. The largest absolute Gasteiger partial charge is 0.479 e. The summed E-state index contributed by atoms with van der Waals surface area (Å²) >= 11 is 0. The lowest BCUT2D eigenvalue weighted by Crippen LogP contribution is -2.56. The molecule has 0 unspecified atom stereocenters. The van der Waals surface area contributed by atoms with E-state index in [4.69, 9.17) is 9.57 Å². The van der Waals surface area contributed by atoms with Gasteiger partial charge in [-0.05, 0) is 46.0 Å². The summed E-state index contributed by atoms with van der Waals surface area (Å²) in [5.74, 6) is -2.68. The quantitative estimate of drug-likeness (QED) is 0.436. The molecule has 3 heterocycles. The van der Waals surface area contributed by atoms with Crippen molar-refractivity contribution in [2.75, 3.05) is 6.54 Å². The van der Waals surface area contributed by atoms with E-state index in [2.05, 4.69) is 15.8 Å². The lowest BCUT2D eigenvalue weighted by Gasteiger charge is -2.30. The molecule has 5 atom stereocenters. The number of Topliss-reactive ketones (excluding diaryl/α,β-unsaturated/α-hetero) is 1. The summed E-state index contributed by atoms with van der Waals surface area (Å²) in [6, 6.07) is 6.58. The maximum absolute atomic E-state index is 14.2. The molecule has 3 fully saturated rings. The van der Waals surface area contributed by atoms with Gasteiger partial charge in [0.25, 0.3) is 0 Å². The Morgan fingerprint density at radius 1 is 1.05 bits per heavy atom. The van der Waals surface area contributed by atoms with Crippen molar-refractivity contribution in [2.24, 2.45) is 11.1 Å². The van der Waals surface area contributed by atoms with Crippen LogP contribution >= 0.6 is 0 Å². The molecule has 0 bridgehead atoms. The number of carboxylic acid groups (broad SMARTS) is 1. The standard InChI is InChI=1S/C32H42N4O8/c1-30(2,3)43-29(42)33-22-15-11-6-4-5-10-14-21-16-32(21,28(40)41)34-26(38)24-18-31(19-36(24)27(22)39)17-23(35-44-31)25(37)20-12-8-7-9-13-20/h7-9,12-13,21-22,24H,4-6,10-11,14-19H2,1-3H3,(H,33,42)(H,34,38)(H,40,41)/t21-,22+,24+,31-,32-/m1/s1. The highest BCUT2D eigenvalue weighted by molar-refractivity contribution is 6.46. The molecule has 238 valence electrons. The number of oxime groups is 1. The number of hydrogen-bond acceptors (Lipinski definition) is 8. The Balaban J connectivity index is 1.42. The van der Waals surface area contributed by atoms with Gasteiger partial charge in [-0.25, -0.2) is 9.59 Å². The van der Waals surface area contributed by atoms with Crippen molar-refractivity contribution in [1.29, 1.82) is 0 Å². The third-order valence-electron chi connectivity index (χ3n) is 8.99. The number of ketones is 1. The summed E-state index contributed by atoms with van der Waals surface area (Å²) in [5, 5.41) is 19.7. The van der Waals surface area contributed by atoms with Gasteiger partial charge < -0.3 is 30.2 Å². The molecule has 1 spiro atoms. The first-order chi connectivity index (χ1) is 20.8. The first kappa shape index (κ1) is 31.5. The van der Waals surface area contributed by atoms with Crippen LogP contribution in [0.25, 0.3) is 0 Å². The molecule has 2 saturated heterocycles. The Morgan fingerprint density at radius 2 is 1.73 bits per heavy atom. The molecule has 0 aromatic heterocycles. The van der Waals surface area contributed by atoms with Gasteiger partial charge in [0.2, 0.25) is 17.6 Å². The molecule has 1 aromatic carbocycles. The summed E-state index contributed by atoms with van der Waals surface area (Å²) < 4.78 is 5.44. The van der Waals surface area contributed by atoms with E-state index in [1.54, 1.807) is 51.1 Å². The second kappa shape index (κ2) is 12.2. The Labute approximate surface area is 256 Å². The Kier molecular flexibility index (Phi) is 8.73. The van der Waals surface area contributed by atoms with Crippen molar-refractivity contribution >= 4 is 35.4 Å². The number of rotatable bonds is 4. The van der Waals surface area contributed by atoms with Crippen LogP contribution < -0.4 is 10.6 Å². The molecule has 3 amide bonds. The molecule has 4 aliphatic rings. The summed E-state index contributed by atoms with van der Waals surface area (Å²) in [7, 11) is 0. The predicted octanol–water partition coefficient (Wildman–Crippen LogP) is 3.58. The van der Waals surface area contributed by atoms with Crippen LogP contribution in [-0.4, -0.2) is 80.7 Å². The number of carboxylic acids is 1. The third-order valence-corrected chi connectivity index (χ3v) is 8.99. The maximum atomic E-state index is 14.2. The van der Waals surface area contributed by atoms with E-state index in [0.717, 1.165) is 25.7 Å². The zero-order chi connectivity index (χ0) is 31.7. The average Bonchev–Trinajstić information content (AvgIpc) is 3.31. The van der Waals surface area contributed by atoms with Gasteiger partial charge in [0, 0.05) is 18.4 Å². The van der Waals surface area contributed by atoms with E-state index >= 15 is 0 Å². The number of nitrogens with one attached hydrogen (secondary N) is 2. The second-order valence-corrected chi connectivity index (χ2v) is 13.6. The van der Waals surface area contributed by atoms with Crippen LogP contribution in [0, 0.1) is 5.92 Å². The maximum Gasteiger partial charge on any atom is 0.408 e. The summed E-state index contributed by atoms with van der Waals surface area (Å²) in [5.41, 5.74) is -2.69. The zero-order valence-electron chi connectivity index (χ0n) is 25.6. The normalized spacial score (nSPS) is 30.9. The minimum Gasteiger partial charge on any atom is -0.479 e. The SMILES string of the molecule is CC(C)(C)OC(=O)N[C@H]1CCCCCCC[C@@H]2C[C@@]2(C(=O)O)NC(=O)[C@@H]2C[C@]3(CC(C(=O)c4ccccc4)=NO3)CN2C1=O. The first-order valence-corrected chi connectivity index (χ1v) is 15.5. The lowest BCUT2D eigenvalue weighted by atomic mass is 9.91. The fourth-order valence-electron chi connectivity index (χ4n) is 6.63. The van der Waals surface area contributed by atoms with E-state index in [0.29, 0.717) is 31.2 Å². The number of nitrogens with zero attached hydrogens (tertiary/aromatic N) is 2. The minimum absolute atomic E-state index is 0.0131. The van der Waals surface area contributed by atoms with Gasteiger partial charge in [-0.15, -0.1) is 0 Å². The van der Waals surface area contributed by atoms with E-state index in [9.17, 15) is 29.1 Å². The van der Waals surface area contributed by atoms with Gasteiger partial charge in [-0.1, -0.05) is 67.6 Å². The molecule has 12 nitrogen and oxygen atoms in total. The molecule has 5 rings (SSSR count). The molecule has 3 N–H and O–H groups in total. The topological polar surface area (TPSA) is 164 Å². The number of alkyl carbamates (subject to hydrolysis) is 1. The molecule has 1 aromatic rings. The Morgan fingerprint density at radius 3 is 2.41 bits per heavy atom. The average molecular weight is 611 g/mol. The highest BCUT2D eigenvalue weighted by atomic mass is 16.7. The molecule has 44 heavy (non-hydrogen) atoms. The number of ether oxygens (including phenoxy) is 1. The van der Waals surface area contributed by atoms with E-state index in [-0.39, 0.29) is 36.8 Å². The summed E-state index contributed by atoms with van der Waals surface area (Å²) in [6.45, 7) is 5.12. The highest BCUT2D eigenvalue weighted by Crippen LogP contribution is 2.48. The molecule has 12 heteroatoms. The smallest absolute Gasteiger partial charge is 0.408 e. The van der Waals surface area contributed by atoms with Crippen LogP contribution in [0.3, 0.4) is 0 Å². The van der Waals surface area contributed by atoms with E-state index in [1.807, 2.05) is 0 Å². The summed E-state index contributed by atoms with van der Waals surface area (Å²) in [4.78, 5) is 73.6. The van der Waals surface area contributed by atoms with E-state index in [1.165, 1.54) is 4.90 Å². The van der Waals surface area contributed by atoms with Gasteiger partial charge in [0.15, 0.2) is 5.60 Å². The first-order valence-electron chi connectivity index (χ1n) is 15.5. The molecule has 3 aliphatic heterocycles. The number of carbonyl (C=O) groups is 5. The number of hydrogen-bond donors (Lipinski definition) is 3. The zero-order valence-corrected chi connectivity index (χ0v) is 25.6. The minimum atomic E-state index is -1.38. The fraction of sp³-hybridized carbons (Fsp3) is 0.625. The third kappa shape index (κ3) is 6.73. The number of carbonyl (C=O) groups excluding carboxylic acids is 4. The Bertz CT molecular complexity index is 1340. The van der Waals surface area contributed by atoms with Gasteiger partial charge >= 0.3 is 12.1 Å². The molecular formula is C32H42N4O8. The van der Waals surface area contributed by atoms with Crippen LogP contribution in [0.1, 0.15) is 95.3 Å². The molecule has 1 aliphatic carbocycles. The van der Waals surface area contributed by atoms with Gasteiger partial charge in [0.05, 0.1) is 6.54 Å². The van der Waals surface area contributed by atoms with Gasteiger partial charge in [0.1, 0.15) is 28.9 Å². The number of benzene rings is 1. The number of aliphatic carboxylic acids is 1. The van der Waals surface area contributed by atoms with Gasteiger partial charge in [-0.3, -0.25) is 14.4 Å². The molecule has 0 radical (unpaired) electrons.